The number of nitrogens with one attached hydrogen (secondary N) is 2. The fraction of sp³-hybridized carbons (Fsp3) is 0.400. The Labute approximate surface area is 136 Å². The summed E-state index contributed by atoms with van der Waals surface area (Å²) in [5.41, 5.74) is -0.938. The molecule has 0 heterocycles. The van der Waals surface area contributed by atoms with Gasteiger partial charge in [-0.3, -0.25) is 9.59 Å². The molecule has 0 aromatic heterocycles. The van der Waals surface area contributed by atoms with E-state index in [1.165, 1.54) is 0 Å². The number of aliphatic carboxylic acids is 1. The molecule has 3 N–H and O–H groups in total. The van der Waals surface area contributed by atoms with Gasteiger partial charge >= 0.3 is 12.1 Å². The summed E-state index contributed by atoms with van der Waals surface area (Å²) in [4.78, 5) is 34.4. The van der Waals surface area contributed by atoms with Crippen LogP contribution in [0.1, 0.15) is 29.8 Å². The van der Waals surface area contributed by atoms with Crippen molar-refractivity contribution in [1.82, 2.24) is 10.6 Å². The zero-order chi connectivity index (χ0) is 18.5. The van der Waals surface area contributed by atoms with Gasteiger partial charge < -0.3 is 15.7 Å². The van der Waals surface area contributed by atoms with Crippen LogP contribution < -0.4 is 10.6 Å². The molecule has 2 amide bonds. The van der Waals surface area contributed by atoms with Gasteiger partial charge in [-0.25, -0.2) is 4.79 Å². The minimum Gasteiger partial charge on any atom is -0.480 e. The Hall–Kier alpha value is -2.58. The number of benzene rings is 1. The van der Waals surface area contributed by atoms with Crippen LogP contribution in [0, 0.1) is 5.92 Å². The summed E-state index contributed by atoms with van der Waals surface area (Å²) in [5.74, 6) is -3.00. The van der Waals surface area contributed by atoms with Crippen molar-refractivity contribution in [2.75, 3.05) is 6.54 Å². The van der Waals surface area contributed by atoms with Gasteiger partial charge in [-0.2, -0.15) is 13.2 Å². The summed E-state index contributed by atoms with van der Waals surface area (Å²) in [5, 5.41) is 13.4. The number of hydrogen-bond acceptors (Lipinski definition) is 3. The summed E-state index contributed by atoms with van der Waals surface area (Å²) in [6.07, 6.45) is -4.50. The molecule has 0 radical (unpaired) electrons. The minimum absolute atomic E-state index is 0.0468. The molecule has 0 fully saturated rings. The molecule has 0 aliphatic carbocycles. The first-order valence-corrected chi connectivity index (χ1v) is 7.00. The number of rotatable bonds is 6. The second-order valence-electron chi connectivity index (χ2n) is 5.39. The first-order chi connectivity index (χ1) is 11.0. The summed E-state index contributed by atoms with van der Waals surface area (Å²) < 4.78 is 37.3. The highest BCUT2D eigenvalue weighted by Gasteiger charge is 2.30. The number of carboxylic acids is 1. The standard InChI is InChI=1S/C15H17F3N2O4/c1-8(2)12(14(23)24)20-11(21)7-19-13(22)9-3-5-10(6-4-9)15(16,17)18/h3-6,8,12H,7H2,1-2H3,(H,19,22)(H,20,21)(H,23,24). The van der Waals surface area contributed by atoms with Gasteiger partial charge in [0.25, 0.3) is 5.91 Å². The van der Waals surface area contributed by atoms with Crippen molar-refractivity contribution in [3.8, 4) is 0 Å². The lowest BCUT2D eigenvalue weighted by molar-refractivity contribution is -0.143. The van der Waals surface area contributed by atoms with Crippen molar-refractivity contribution in [1.29, 1.82) is 0 Å². The van der Waals surface area contributed by atoms with Gasteiger partial charge in [-0.1, -0.05) is 13.8 Å². The van der Waals surface area contributed by atoms with Gasteiger partial charge in [0.2, 0.25) is 5.91 Å². The number of carboxylic acid groups (broad SMARTS) is 1. The van der Waals surface area contributed by atoms with Crippen molar-refractivity contribution in [2.45, 2.75) is 26.1 Å². The largest absolute Gasteiger partial charge is 0.480 e. The maximum atomic E-state index is 12.4. The summed E-state index contributed by atoms with van der Waals surface area (Å²) >= 11 is 0. The maximum Gasteiger partial charge on any atom is 0.416 e. The van der Waals surface area contributed by atoms with Crippen LogP contribution in [0.15, 0.2) is 24.3 Å². The number of carbonyl (C=O) groups is 3. The van der Waals surface area contributed by atoms with E-state index in [0.717, 1.165) is 24.3 Å². The quantitative estimate of drug-likeness (QED) is 0.730. The first kappa shape index (κ1) is 19.5. The summed E-state index contributed by atoms with van der Waals surface area (Å²) in [6, 6.07) is 2.40. The average molecular weight is 346 g/mol. The zero-order valence-corrected chi connectivity index (χ0v) is 13.0. The Bertz CT molecular complexity index is 612. The van der Waals surface area contributed by atoms with E-state index in [1.54, 1.807) is 13.8 Å². The van der Waals surface area contributed by atoms with Gasteiger partial charge in [0, 0.05) is 5.56 Å². The van der Waals surface area contributed by atoms with Gasteiger partial charge in [-0.05, 0) is 30.2 Å². The highest BCUT2D eigenvalue weighted by molar-refractivity contribution is 5.96. The van der Waals surface area contributed by atoms with Gasteiger partial charge in [0.05, 0.1) is 12.1 Å². The molecule has 0 bridgehead atoms. The molecule has 0 aliphatic heterocycles. The molecule has 1 aromatic rings. The Morgan fingerprint density at radius 3 is 2.08 bits per heavy atom. The first-order valence-electron chi connectivity index (χ1n) is 7.00. The van der Waals surface area contributed by atoms with Crippen LogP contribution in [0.25, 0.3) is 0 Å². The highest BCUT2D eigenvalue weighted by Crippen LogP contribution is 2.28. The Morgan fingerprint density at radius 2 is 1.67 bits per heavy atom. The van der Waals surface area contributed by atoms with Gasteiger partial charge in [0.15, 0.2) is 0 Å². The SMILES string of the molecule is CC(C)C(NC(=O)CNC(=O)c1ccc(C(F)(F)F)cc1)C(=O)O. The third kappa shape index (κ3) is 5.56. The number of alkyl halides is 3. The number of hydrogen-bond donors (Lipinski definition) is 3. The van der Waals surface area contributed by atoms with Gasteiger partial charge in [-0.15, -0.1) is 0 Å². The molecular formula is C15H17F3N2O4. The Balaban J connectivity index is 2.59. The third-order valence-electron chi connectivity index (χ3n) is 3.13. The normalized spacial score (nSPS) is 12.6. The van der Waals surface area contributed by atoms with E-state index in [-0.39, 0.29) is 11.5 Å². The van der Waals surface area contributed by atoms with Gasteiger partial charge in [0.1, 0.15) is 6.04 Å². The molecule has 0 spiro atoms. The summed E-state index contributed by atoms with van der Waals surface area (Å²) in [7, 11) is 0. The third-order valence-corrected chi connectivity index (χ3v) is 3.13. The Morgan fingerprint density at radius 1 is 1.12 bits per heavy atom. The average Bonchev–Trinajstić information content (AvgIpc) is 2.48. The monoisotopic (exact) mass is 346 g/mol. The van der Waals surface area contributed by atoms with Crippen LogP contribution in [-0.2, 0) is 15.8 Å². The van der Waals surface area contributed by atoms with E-state index in [0.29, 0.717) is 0 Å². The van der Waals surface area contributed by atoms with Crippen LogP contribution in [0.5, 0.6) is 0 Å². The molecule has 132 valence electrons. The highest BCUT2D eigenvalue weighted by atomic mass is 19.4. The lowest BCUT2D eigenvalue weighted by atomic mass is 10.0. The van der Waals surface area contributed by atoms with E-state index in [9.17, 15) is 27.6 Å². The molecule has 0 aliphatic rings. The molecule has 9 heteroatoms. The van der Waals surface area contributed by atoms with Crippen LogP contribution in [0.4, 0.5) is 13.2 Å². The molecule has 1 aromatic carbocycles. The lowest BCUT2D eigenvalue weighted by Crippen LogP contribution is -2.48. The van der Waals surface area contributed by atoms with E-state index in [2.05, 4.69) is 10.6 Å². The van der Waals surface area contributed by atoms with E-state index in [1.807, 2.05) is 0 Å². The van der Waals surface area contributed by atoms with Crippen molar-refractivity contribution in [3.05, 3.63) is 35.4 Å². The fourth-order valence-corrected chi connectivity index (χ4v) is 1.81. The second-order valence-corrected chi connectivity index (χ2v) is 5.39. The molecule has 0 saturated heterocycles. The molecular weight excluding hydrogens is 329 g/mol. The molecule has 1 rings (SSSR count). The molecule has 24 heavy (non-hydrogen) atoms. The Kier molecular flexibility index (Phi) is 6.33. The van der Waals surface area contributed by atoms with E-state index in [4.69, 9.17) is 5.11 Å². The van der Waals surface area contributed by atoms with Crippen LogP contribution in [0.2, 0.25) is 0 Å². The smallest absolute Gasteiger partial charge is 0.416 e. The van der Waals surface area contributed by atoms with E-state index >= 15 is 0 Å². The topological polar surface area (TPSA) is 95.5 Å². The fourth-order valence-electron chi connectivity index (χ4n) is 1.81. The van der Waals surface area contributed by atoms with E-state index < -0.39 is 42.1 Å². The second kappa shape index (κ2) is 7.80. The predicted molar refractivity (Wildman–Crippen MR) is 78.2 cm³/mol. The lowest BCUT2D eigenvalue weighted by Gasteiger charge is -2.18. The molecule has 0 saturated carbocycles. The zero-order valence-electron chi connectivity index (χ0n) is 13.0. The van der Waals surface area contributed by atoms with Crippen LogP contribution >= 0.6 is 0 Å². The molecule has 1 atom stereocenters. The van der Waals surface area contributed by atoms with Crippen LogP contribution in [-0.4, -0.2) is 35.5 Å². The minimum atomic E-state index is -4.50. The number of amides is 2. The van der Waals surface area contributed by atoms with Crippen molar-refractivity contribution >= 4 is 17.8 Å². The maximum absolute atomic E-state index is 12.4. The predicted octanol–water partition coefficient (Wildman–Crippen LogP) is 1.66. The van der Waals surface area contributed by atoms with Crippen LogP contribution in [0.3, 0.4) is 0 Å². The number of halogens is 3. The van der Waals surface area contributed by atoms with Crippen molar-refractivity contribution in [2.24, 2.45) is 5.92 Å². The van der Waals surface area contributed by atoms with Crippen molar-refractivity contribution in [3.63, 3.8) is 0 Å². The van der Waals surface area contributed by atoms with Crippen molar-refractivity contribution < 1.29 is 32.7 Å². The number of carbonyl (C=O) groups excluding carboxylic acids is 2. The summed E-state index contributed by atoms with van der Waals surface area (Å²) in [6.45, 7) is 2.73. The molecule has 6 nitrogen and oxygen atoms in total. The molecule has 1 unspecified atom stereocenters.